The molecule has 136 valence electrons. The molecule has 0 aliphatic heterocycles. The summed E-state index contributed by atoms with van der Waals surface area (Å²) in [4.78, 5) is 7.60. The van der Waals surface area contributed by atoms with Crippen molar-refractivity contribution < 1.29 is 9.47 Å². The molecule has 3 N–H and O–H groups in total. The Morgan fingerprint density at radius 3 is 2.56 bits per heavy atom. The number of nitrogens with two attached hydrogens (primary N) is 1. The molecule has 0 unspecified atom stereocenters. The van der Waals surface area contributed by atoms with Gasteiger partial charge in [0.15, 0.2) is 16.2 Å². The monoisotopic (exact) mass is 379 g/mol. The molecule has 0 aliphatic rings. The highest BCUT2D eigenvalue weighted by atomic mass is 32.1. The number of aromatic amines is 1. The van der Waals surface area contributed by atoms with Crippen molar-refractivity contribution in [3.8, 4) is 28.4 Å². The van der Waals surface area contributed by atoms with Crippen LogP contribution in [-0.2, 0) is 0 Å². The average Bonchev–Trinajstić information content (AvgIpc) is 3.03. The Kier molecular flexibility index (Phi) is 4.25. The van der Waals surface area contributed by atoms with Crippen molar-refractivity contribution in [2.45, 2.75) is 0 Å². The van der Waals surface area contributed by atoms with E-state index in [2.05, 4.69) is 15.1 Å². The van der Waals surface area contributed by atoms with E-state index < -0.39 is 0 Å². The maximum absolute atomic E-state index is 6.27. The minimum absolute atomic E-state index is 0.319. The van der Waals surface area contributed by atoms with Crippen LogP contribution in [-0.4, -0.2) is 34.0 Å². The molecule has 0 atom stereocenters. The van der Waals surface area contributed by atoms with Crippen LogP contribution in [0.3, 0.4) is 0 Å². The summed E-state index contributed by atoms with van der Waals surface area (Å²) in [5.74, 6) is 1.68. The number of para-hydroxylation sites is 1. The van der Waals surface area contributed by atoms with E-state index in [4.69, 9.17) is 27.4 Å². The summed E-state index contributed by atoms with van der Waals surface area (Å²) < 4.78 is 12.9. The van der Waals surface area contributed by atoms with Gasteiger partial charge in [-0.1, -0.05) is 18.2 Å². The van der Waals surface area contributed by atoms with Gasteiger partial charge in [0.2, 0.25) is 0 Å². The highest BCUT2D eigenvalue weighted by Crippen LogP contribution is 2.38. The minimum atomic E-state index is 0.319. The Balaban J connectivity index is 2.07. The molecule has 0 radical (unpaired) electrons. The second-order valence-electron chi connectivity index (χ2n) is 5.81. The summed E-state index contributed by atoms with van der Waals surface area (Å²) in [7, 11) is 3.22. The summed E-state index contributed by atoms with van der Waals surface area (Å²) >= 11 is 5.37. The van der Waals surface area contributed by atoms with Gasteiger partial charge in [0.1, 0.15) is 11.5 Å². The summed E-state index contributed by atoms with van der Waals surface area (Å²) in [6, 6.07) is 15.2. The first-order chi connectivity index (χ1) is 13.1. The topological polar surface area (TPSA) is 91.0 Å². The normalized spacial score (nSPS) is 10.9. The molecule has 0 spiro atoms. The van der Waals surface area contributed by atoms with Gasteiger partial charge in [0, 0.05) is 5.56 Å². The number of hydrogen-bond acceptors (Lipinski definition) is 6. The molecule has 0 saturated carbocycles. The predicted octanol–water partition coefficient (Wildman–Crippen LogP) is 3.74. The fraction of sp³-hybridized carbons (Fsp3) is 0.105. The van der Waals surface area contributed by atoms with Crippen LogP contribution in [0.2, 0.25) is 0 Å². The number of rotatable bonds is 4. The molecule has 2 heterocycles. The number of H-pyrrole nitrogens is 1. The molecule has 2 aromatic carbocycles. The molecule has 0 aliphatic carbocycles. The fourth-order valence-corrected chi connectivity index (χ4v) is 3.21. The summed E-state index contributed by atoms with van der Waals surface area (Å²) in [6.45, 7) is 0. The van der Waals surface area contributed by atoms with Crippen molar-refractivity contribution in [2.75, 3.05) is 20.0 Å². The van der Waals surface area contributed by atoms with Gasteiger partial charge >= 0.3 is 0 Å². The number of nitrogens with one attached hydrogen (secondary N) is 1. The van der Waals surface area contributed by atoms with Crippen LogP contribution in [0.15, 0.2) is 48.5 Å². The van der Waals surface area contributed by atoms with E-state index in [1.165, 1.54) is 0 Å². The Bertz CT molecular complexity index is 1180. The smallest absolute Gasteiger partial charge is 0.199 e. The number of anilines is 1. The van der Waals surface area contributed by atoms with E-state index in [1.807, 2.05) is 48.5 Å². The summed E-state index contributed by atoms with van der Waals surface area (Å²) in [5.41, 5.74) is 9.12. The van der Waals surface area contributed by atoms with Crippen LogP contribution in [0.5, 0.6) is 11.5 Å². The van der Waals surface area contributed by atoms with Crippen molar-refractivity contribution in [1.82, 2.24) is 19.7 Å². The van der Waals surface area contributed by atoms with E-state index in [-0.39, 0.29) is 0 Å². The van der Waals surface area contributed by atoms with E-state index in [0.717, 1.165) is 11.3 Å². The van der Waals surface area contributed by atoms with Crippen molar-refractivity contribution in [3.05, 3.63) is 53.3 Å². The molecule has 4 rings (SSSR count). The lowest BCUT2D eigenvalue weighted by atomic mass is 10.1. The first kappa shape index (κ1) is 17.0. The van der Waals surface area contributed by atoms with Crippen LogP contribution in [0.1, 0.15) is 0 Å². The van der Waals surface area contributed by atoms with Crippen molar-refractivity contribution in [1.29, 1.82) is 0 Å². The van der Waals surface area contributed by atoms with Gasteiger partial charge in [-0.3, -0.25) is 0 Å². The minimum Gasteiger partial charge on any atom is -0.497 e. The van der Waals surface area contributed by atoms with Gasteiger partial charge in [0.05, 0.1) is 31.0 Å². The highest BCUT2D eigenvalue weighted by molar-refractivity contribution is 7.71. The standard InChI is InChI=1S/C19H17N5O2S/c1-25-12-8-9-14(26-2)13(10-12)16-15-17(20)23-24(11-6-4-3-5-7-11)18(15)22-19(27)21-16/h3-10H,1-2H3,(H2,20,23)(H,21,22,27). The molecule has 0 fully saturated rings. The molecule has 0 amide bonds. The molecular weight excluding hydrogens is 362 g/mol. The highest BCUT2D eigenvalue weighted by Gasteiger charge is 2.19. The summed E-state index contributed by atoms with van der Waals surface area (Å²) in [6.07, 6.45) is 0. The first-order valence-electron chi connectivity index (χ1n) is 8.18. The third kappa shape index (κ3) is 2.89. The lowest BCUT2D eigenvalue weighted by Crippen LogP contribution is -1.99. The summed E-state index contributed by atoms with van der Waals surface area (Å²) in [5, 5.41) is 5.14. The molecular formula is C19H17N5O2S. The zero-order valence-corrected chi connectivity index (χ0v) is 15.6. The van der Waals surface area contributed by atoms with E-state index >= 15 is 0 Å². The van der Waals surface area contributed by atoms with Crippen LogP contribution in [0.4, 0.5) is 5.82 Å². The van der Waals surface area contributed by atoms with E-state index in [1.54, 1.807) is 18.9 Å². The van der Waals surface area contributed by atoms with Gasteiger partial charge in [-0.15, -0.1) is 5.10 Å². The van der Waals surface area contributed by atoms with Crippen LogP contribution >= 0.6 is 12.2 Å². The number of methoxy groups -OCH3 is 2. The van der Waals surface area contributed by atoms with Gasteiger partial charge in [-0.05, 0) is 42.5 Å². The first-order valence-corrected chi connectivity index (χ1v) is 8.59. The third-order valence-corrected chi connectivity index (χ3v) is 4.45. The molecule has 8 heteroatoms. The fourth-order valence-electron chi connectivity index (χ4n) is 3.02. The number of hydrogen-bond donors (Lipinski definition) is 2. The maximum atomic E-state index is 6.27. The lowest BCUT2D eigenvalue weighted by Gasteiger charge is -2.12. The van der Waals surface area contributed by atoms with Crippen LogP contribution in [0.25, 0.3) is 28.0 Å². The van der Waals surface area contributed by atoms with Gasteiger partial charge in [-0.25, -0.2) is 4.68 Å². The molecule has 0 bridgehead atoms. The van der Waals surface area contributed by atoms with Crippen LogP contribution in [0, 0.1) is 4.77 Å². The van der Waals surface area contributed by atoms with Gasteiger partial charge in [0.25, 0.3) is 0 Å². The molecule has 27 heavy (non-hydrogen) atoms. The molecule has 0 saturated heterocycles. The number of aromatic nitrogens is 4. The van der Waals surface area contributed by atoms with E-state index in [0.29, 0.717) is 38.8 Å². The third-order valence-electron chi connectivity index (χ3n) is 4.25. The zero-order valence-electron chi connectivity index (χ0n) is 14.8. The van der Waals surface area contributed by atoms with Crippen LogP contribution < -0.4 is 15.2 Å². The lowest BCUT2D eigenvalue weighted by molar-refractivity contribution is 0.404. The van der Waals surface area contributed by atoms with Crippen molar-refractivity contribution in [2.24, 2.45) is 0 Å². The molecule has 2 aromatic heterocycles. The average molecular weight is 379 g/mol. The zero-order chi connectivity index (χ0) is 19.0. The number of benzene rings is 2. The second kappa shape index (κ2) is 6.73. The number of fused-ring (bicyclic) bond motifs is 1. The Morgan fingerprint density at radius 2 is 1.85 bits per heavy atom. The quantitative estimate of drug-likeness (QED) is 0.525. The Labute approximate surface area is 160 Å². The van der Waals surface area contributed by atoms with Gasteiger partial charge in [-0.2, -0.15) is 4.98 Å². The van der Waals surface area contributed by atoms with Crippen molar-refractivity contribution in [3.63, 3.8) is 0 Å². The van der Waals surface area contributed by atoms with E-state index in [9.17, 15) is 0 Å². The number of nitrogens with zero attached hydrogens (tertiary/aromatic N) is 3. The Morgan fingerprint density at radius 1 is 1.07 bits per heavy atom. The molecule has 4 aromatic rings. The van der Waals surface area contributed by atoms with Crippen molar-refractivity contribution >= 4 is 29.1 Å². The largest absolute Gasteiger partial charge is 0.497 e. The van der Waals surface area contributed by atoms with Gasteiger partial charge < -0.3 is 20.2 Å². The number of ether oxygens (including phenoxy) is 2. The predicted molar refractivity (Wildman–Crippen MR) is 107 cm³/mol. The number of nitrogen functional groups attached to an aromatic ring is 1. The second-order valence-corrected chi connectivity index (χ2v) is 6.20. The Hall–Kier alpha value is -3.39. The maximum Gasteiger partial charge on any atom is 0.199 e. The SMILES string of the molecule is COc1ccc(OC)c(-c2[nH]c(=S)nc3c2c(N)nn3-c2ccccc2)c1. The molecule has 7 nitrogen and oxygen atoms in total.